The number of urea groups is 1. The molecule has 0 saturated heterocycles. The summed E-state index contributed by atoms with van der Waals surface area (Å²) in [7, 11) is 0. The second kappa shape index (κ2) is 126. The van der Waals surface area contributed by atoms with Gasteiger partial charge in [-0.05, 0) is 116 Å². The molecule has 0 rings (SSSR count). The van der Waals surface area contributed by atoms with Gasteiger partial charge in [-0.3, -0.25) is 10.1 Å². The first-order valence-electron chi connectivity index (χ1n) is 41.9. The van der Waals surface area contributed by atoms with Crippen LogP contribution in [0, 0.1) is 0 Å². The summed E-state index contributed by atoms with van der Waals surface area (Å²) < 4.78 is -0.665. The molecule has 0 radical (unpaired) electrons. The summed E-state index contributed by atoms with van der Waals surface area (Å²) in [4.78, 5) is 21.6. The van der Waals surface area contributed by atoms with E-state index in [1.54, 1.807) is 0 Å². The highest BCUT2D eigenvalue weighted by molar-refractivity contribution is 9.10. The molecule has 0 saturated carbocycles. The average Bonchev–Trinajstić information content (AvgIpc) is 1.05. The van der Waals surface area contributed by atoms with Crippen molar-refractivity contribution in [2.75, 3.05) is 0 Å². The lowest BCUT2D eigenvalue weighted by molar-refractivity contribution is -0.122. The monoisotopic (exact) mass is 1420 g/mol. The lowest BCUT2D eigenvalue weighted by atomic mass is 10.0. The smallest absolute Gasteiger partial charge is 0.318 e. The Morgan fingerprint density at radius 2 is 0.375 bits per heavy atom. The highest BCUT2D eigenvalue weighted by Gasteiger charge is 2.32. The van der Waals surface area contributed by atoms with Gasteiger partial charge in [0.25, 0.3) is 0 Å². The van der Waals surface area contributed by atoms with E-state index in [1.165, 1.54) is 372 Å². The molecule has 0 fully saturated rings. The molecule has 0 aromatic heterocycles. The SMILES string of the molecule is C=CCCCCCCCC.C=CCCCCCCCC.C=CCCCCCCCC.C=CCCCCCCCC.C=CCCCCCCCC.C=CCCCCCCCC.C=CCCCCCCCC.C=CCCCCCCCC.CCC(Br)(CC)C(=O)NC(N)=O.CCCC. The van der Waals surface area contributed by atoms with Crippen molar-refractivity contribution in [1.82, 2.24) is 5.32 Å². The van der Waals surface area contributed by atoms with Gasteiger partial charge in [0.1, 0.15) is 4.32 Å². The Morgan fingerprint density at radius 1 is 0.250 bits per heavy atom. The van der Waals surface area contributed by atoms with Gasteiger partial charge in [0.05, 0.1) is 0 Å². The van der Waals surface area contributed by atoms with Crippen LogP contribution in [0.15, 0.2) is 101 Å². The molecule has 4 nitrogen and oxygen atoms in total. The zero-order valence-corrected chi connectivity index (χ0v) is 70.1. The number of hydrogen-bond acceptors (Lipinski definition) is 2. The fraction of sp³-hybridized carbons (Fsp3) is 0.802. The van der Waals surface area contributed by atoms with E-state index in [4.69, 9.17) is 5.73 Å². The van der Waals surface area contributed by atoms with Crippen LogP contribution in [0.4, 0.5) is 4.79 Å². The lowest BCUT2D eigenvalue weighted by Crippen LogP contribution is -2.46. The molecule has 3 N–H and O–H groups in total. The van der Waals surface area contributed by atoms with Crippen LogP contribution in [0.3, 0.4) is 0 Å². The number of nitrogens with two attached hydrogens (primary N) is 1. The van der Waals surface area contributed by atoms with Crippen LogP contribution in [-0.4, -0.2) is 16.3 Å². The van der Waals surface area contributed by atoms with Gasteiger partial charge < -0.3 is 5.73 Å². The number of carbonyl (C=O) groups is 2. The molecule has 0 aromatic carbocycles. The maximum absolute atomic E-state index is 11.3. The predicted molar refractivity (Wildman–Crippen MR) is 456 cm³/mol. The average molecular weight is 1420 g/mol. The molecule has 5 heteroatoms. The van der Waals surface area contributed by atoms with Crippen molar-refractivity contribution in [3.05, 3.63) is 101 Å². The molecule has 0 spiro atoms. The second-order valence-corrected chi connectivity index (χ2v) is 27.8. The number of allylic oxidation sites excluding steroid dienone is 8. The van der Waals surface area contributed by atoms with E-state index in [2.05, 4.69) is 138 Å². The maximum atomic E-state index is 11.3. The maximum Gasteiger partial charge on any atom is 0.318 e. The third-order valence-corrected chi connectivity index (χ3v) is 17.8. The summed E-state index contributed by atoms with van der Waals surface area (Å²) in [5.74, 6) is -0.375. The van der Waals surface area contributed by atoms with Crippen molar-refractivity contribution in [1.29, 1.82) is 0 Å². The molecule has 0 unspecified atom stereocenters. The number of carbonyl (C=O) groups excluding carboxylic acids is 2. The molecule has 96 heavy (non-hydrogen) atoms. The minimum Gasteiger partial charge on any atom is -0.351 e. The van der Waals surface area contributed by atoms with E-state index in [9.17, 15) is 9.59 Å². The number of alkyl halides is 1. The molecule has 0 aromatic rings. The van der Waals surface area contributed by atoms with Gasteiger partial charge in [-0.15, -0.1) is 52.6 Å². The van der Waals surface area contributed by atoms with Crippen molar-refractivity contribution in [2.45, 2.75) is 473 Å². The standard InChI is InChI=1S/8C10H20.C7H13BrN2O2.C4H10/c8*1-3-5-7-9-10-8-6-4-2;1-3-7(8,4-2)5(11)10-6(9)12;1-3-4-2/h8*3H,1,4-10H2,2H3;3-4H2,1-2H3,(H3,9,10,11,12);3-4H2,1-2H3. The number of rotatable bonds is 60. The van der Waals surface area contributed by atoms with Crippen LogP contribution in [0.25, 0.3) is 0 Å². The van der Waals surface area contributed by atoms with E-state index in [0.29, 0.717) is 12.8 Å². The van der Waals surface area contributed by atoms with E-state index in [-0.39, 0.29) is 5.91 Å². The Morgan fingerprint density at radius 3 is 0.469 bits per heavy atom. The molecule has 3 amide bonds. The van der Waals surface area contributed by atoms with Crippen LogP contribution in [0.1, 0.15) is 468 Å². The molecule has 0 bridgehead atoms. The van der Waals surface area contributed by atoms with Gasteiger partial charge in [0.2, 0.25) is 5.91 Å². The van der Waals surface area contributed by atoms with Crippen molar-refractivity contribution >= 4 is 27.9 Å². The van der Waals surface area contributed by atoms with Gasteiger partial charge >= 0.3 is 6.03 Å². The van der Waals surface area contributed by atoms with E-state index >= 15 is 0 Å². The van der Waals surface area contributed by atoms with Crippen molar-refractivity contribution < 1.29 is 9.59 Å². The van der Waals surface area contributed by atoms with Crippen LogP contribution in [-0.2, 0) is 4.79 Å². The summed E-state index contributed by atoms with van der Waals surface area (Å²) in [5, 5.41) is 2.04. The summed E-state index contributed by atoms with van der Waals surface area (Å²) in [5.41, 5.74) is 4.81. The lowest BCUT2D eigenvalue weighted by Gasteiger charge is -2.21. The largest absolute Gasteiger partial charge is 0.351 e. The van der Waals surface area contributed by atoms with E-state index in [0.717, 1.165) is 0 Å². The fourth-order valence-corrected chi connectivity index (χ4v) is 9.45. The first kappa shape index (κ1) is 115. The summed E-state index contributed by atoms with van der Waals surface area (Å²) in [6.45, 7) is 55.7. The van der Waals surface area contributed by atoms with Gasteiger partial charge in [0, 0.05) is 0 Å². The van der Waals surface area contributed by atoms with Crippen molar-refractivity contribution in [3.8, 4) is 0 Å². The third kappa shape index (κ3) is 151. The summed E-state index contributed by atoms with van der Waals surface area (Å²) >= 11 is 3.26. The molecular weight excluding hydrogens is 1230 g/mol. The highest BCUT2D eigenvalue weighted by Crippen LogP contribution is 2.26. The molecule has 576 valence electrons. The van der Waals surface area contributed by atoms with Gasteiger partial charge in [-0.2, -0.15) is 0 Å². The Hall–Kier alpha value is -2.66. The Kier molecular flexibility index (Phi) is 150. The van der Waals surface area contributed by atoms with Gasteiger partial charge in [-0.1, -0.05) is 417 Å². The minimum absolute atomic E-state index is 0.375. The normalized spacial score (nSPS) is 9.76. The van der Waals surface area contributed by atoms with Gasteiger partial charge in [-0.25, -0.2) is 4.79 Å². The Labute approximate surface area is 618 Å². The molecule has 0 atom stereocenters. The molecule has 0 aliphatic heterocycles. The zero-order chi connectivity index (χ0) is 74.4. The number of amides is 3. The second-order valence-electron chi connectivity index (χ2n) is 26.3. The zero-order valence-electron chi connectivity index (χ0n) is 68.5. The van der Waals surface area contributed by atoms with Gasteiger partial charge in [0.15, 0.2) is 0 Å². The number of hydrogen-bond donors (Lipinski definition) is 2. The van der Waals surface area contributed by atoms with Crippen molar-refractivity contribution in [2.24, 2.45) is 5.73 Å². The van der Waals surface area contributed by atoms with Crippen LogP contribution in [0.2, 0.25) is 0 Å². The Balaban J connectivity index is -0.000000108. The van der Waals surface area contributed by atoms with Crippen molar-refractivity contribution in [3.63, 3.8) is 0 Å². The topological polar surface area (TPSA) is 72.2 Å². The van der Waals surface area contributed by atoms with Crippen LogP contribution >= 0.6 is 15.9 Å². The predicted octanol–water partition coefficient (Wildman–Crippen LogP) is 34.3. The van der Waals surface area contributed by atoms with Crippen LogP contribution in [0.5, 0.6) is 0 Å². The molecule has 0 aliphatic rings. The molecular formula is C91H183BrN2O2. The summed E-state index contributed by atoms with van der Waals surface area (Å²) in [6, 6.07) is -0.814. The number of unbranched alkanes of at least 4 members (excludes halogenated alkanes) is 49. The molecule has 0 aliphatic carbocycles. The fourth-order valence-electron chi connectivity index (χ4n) is 9.35. The Bertz CT molecular complexity index is 1140. The summed E-state index contributed by atoms with van der Waals surface area (Å²) in [6.07, 6.45) is 96.3. The minimum atomic E-state index is -0.814. The van der Waals surface area contributed by atoms with Crippen LogP contribution < -0.4 is 11.1 Å². The molecule has 0 heterocycles. The quantitative estimate of drug-likeness (QED) is 0.0362. The highest BCUT2D eigenvalue weighted by atomic mass is 79.9. The first-order chi connectivity index (χ1) is 46.7. The number of imide groups is 1. The number of halogens is 1. The third-order valence-electron chi connectivity index (χ3n) is 16.4. The number of primary amides is 1. The van der Waals surface area contributed by atoms with E-state index < -0.39 is 10.4 Å². The van der Waals surface area contributed by atoms with E-state index in [1.807, 2.05) is 67.8 Å². The number of nitrogens with one attached hydrogen (secondary N) is 1. The first-order valence-corrected chi connectivity index (χ1v) is 42.7.